The van der Waals surface area contributed by atoms with Crippen molar-refractivity contribution in [2.24, 2.45) is 5.92 Å². The molecular formula is C15H22N6O2. The van der Waals surface area contributed by atoms with Crippen LogP contribution in [0.5, 0.6) is 0 Å². The van der Waals surface area contributed by atoms with E-state index in [1.54, 1.807) is 12.3 Å². The first kappa shape index (κ1) is 15.5. The van der Waals surface area contributed by atoms with Gasteiger partial charge in [0.05, 0.1) is 0 Å². The average molecular weight is 318 g/mol. The Kier molecular flexibility index (Phi) is 4.59. The van der Waals surface area contributed by atoms with Crippen LogP contribution in [0.4, 0.5) is 11.8 Å². The van der Waals surface area contributed by atoms with E-state index in [1.807, 2.05) is 0 Å². The third-order valence-electron chi connectivity index (χ3n) is 4.44. The minimum absolute atomic E-state index is 0.0411. The molecule has 0 radical (unpaired) electrons. The zero-order valence-electron chi connectivity index (χ0n) is 13.0. The Balaban J connectivity index is 1.42. The first-order valence-electron chi connectivity index (χ1n) is 8.02. The molecule has 0 aromatic carbocycles. The molecular weight excluding hydrogens is 296 g/mol. The van der Waals surface area contributed by atoms with E-state index in [0.717, 1.165) is 25.9 Å². The number of nitrogens with zero attached hydrogens (tertiary/aromatic N) is 3. The molecule has 4 N–H and O–H groups in total. The number of nitrogen functional groups attached to an aromatic ring is 1. The van der Waals surface area contributed by atoms with Gasteiger partial charge in [0.1, 0.15) is 11.9 Å². The lowest BCUT2D eigenvalue weighted by atomic mass is 9.97. The number of hydrogen-bond acceptors (Lipinski definition) is 6. The number of piperidine rings is 1. The lowest BCUT2D eigenvalue weighted by molar-refractivity contribution is -0.125. The van der Waals surface area contributed by atoms with Crippen LogP contribution in [-0.4, -0.2) is 47.5 Å². The van der Waals surface area contributed by atoms with Crippen molar-refractivity contribution in [2.75, 3.05) is 30.3 Å². The van der Waals surface area contributed by atoms with Gasteiger partial charge < -0.3 is 21.3 Å². The molecule has 2 aliphatic heterocycles. The van der Waals surface area contributed by atoms with Crippen LogP contribution in [0.25, 0.3) is 0 Å². The van der Waals surface area contributed by atoms with Crippen molar-refractivity contribution in [1.82, 2.24) is 20.6 Å². The Labute approximate surface area is 134 Å². The summed E-state index contributed by atoms with van der Waals surface area (Å²) in [5, 5.41) is 5.64. The minimum atomic E-state index is -0.358. The van der Waals surface area contributed by atoms with Crippen LogP contribution in [0.1, 0.15) is 25.7 Å². The van der Waals surface area contributed by atoms with Crippen molar-refractivity contribution in [2.45, 2.75) is 31.7 Å². The summed E-state index contributed by atoms with van der Waals surface area (Å²) in [6, 6.07) is 1.32. The van der Waals surface area contributed by atoms with Crippen molar-refractivity contribution in [3.63, 3.8) is 0 Å². The Hall–Kier alpha value is -2.38. The highest BCUT2D eigenvalue weighted by molar-refractivity contribution is 5.90. The molecule has 0 bridgehead atoms. The summed E-state index contributed by atoms with van der Waals surface area (Å²) in [7, 11) is 0. The molecule has 1 aromatic rings. The minimum Gasteiger partial charge on any atom is -0.384 e. The number of aromatic nitrogens is 2. The maximum absolute atomic E-state index is 12.0. The monoisotopic (exact) mass is 318 g/mol. The number of hydrogen-bond donors (Lipinski definition) is 3. The Morgan fingerprint density at radius 1 is 1.39 bits per heavy atom. The van der Waals surface area contributed by atoms with Crippen molar-refractivity contribution in [1.29, 1.82) is 0 Å². The van der Waals surface area contributed by atoms with Gasteiger partial charge in [0.2, 0.25) is 17.8 Å². The van der Waals surface area contributed by atoms with Crippen LogP contribution in [0.15, 0.2) is 12.3 Å². The summed E-state index contributed by atoms with van der Waals surface area (Å²) in [5.74, 6) is 1.47. The predicted molar refractivity (Wildman–Crippen MR) is 85.6 cm³/mol. The lowest BCUT2D eigenvalue weighted by Gasteiger charge is -2.32. The van der Waals surface area contributed by atoms with Gasteiger partial charge in [-0.25, -0.2) is 4.98 Å². The quantitative estimate of drug-likeness (QED) is 0.700. The summed E-state index contributed by atoms with van der Waals surface area (Å²) in [6.45, 7) is 2.35. The highest BCUT2D eigenvalue weighted by atomic mass is 16.2. The Morgan fingerprint density at radius 3 is 2.83 bits per heavy atom. The van der Waals surface area contributed by atoms with Gasteiger partial charge in [-0.05, 0) is 31.2 Å². The highest BCUT2D eigenvalue weighted by Crippen LogP contribution is 2.20. The third-order valence-corrected chi connectivity index (χ3v) is 4.44. The first-order chi connectivity index (χ1) is 11.1. The van der Waals surface area contributed by atoms with Gasteiger partial charge in [0.15, 0.2) is 0 Å². The SMILES string of the molecule is Nc1ccnc(N2CCC(CNC(=O)C3CCC(=O)N3)CC2)n1. The molecule has 2 amide bonds. The summed E-state index contributed by atoms with van der Waals surface area (Å²) < 4.78 is 0. The molecule has 3 rings (SSSR count). The molecule has 1 aromatic heterocycles. The van der Waals surface area contributed by atoms with E-state index in [4.69, 9.17) is 5.73 Å². The van der Waals surface area contributed by atoms with Crippen LogP contribution in [0.3, 0.4) is 0 Å². The van der Waals surface area contributed by atoms with Gasteiger partial charge in [0, 0.05) is 32.3 Å². The lowest BCUT2D eigenvalue weighted by Crippen LogP contribution is -2.45. The second kappa shape index (κ2) is 6.80. The third kappa shape index (κ3) is 3.88. The zero-order valence-corrected chi connectivity index (χ0v) is 13.0. The molecule has 0 saturated carbocycles. The van der Waals surface area contributed by atoms with E-state index in [1.165, 1.54) is 0 Å². The van der Waals surface area contributed by atoms with Crippen LogP contribution in [-0.2, 0) is 9.59 Å². The van der Waals surface area contributed by atoms with Gasteiger partial charge in [-0.15, -0.1) is 0 Å². The normalized spacial score (nSPS) is 22.0. The van der Waals surface area contributed by atoms with Crippen LogP contribution in [0, 0.1) is 5.92 Å². The van der Waals surface area contributed by atoms with Gasteiger partial charge >= 0.3 is 0 Å². The second-order valence-electron chi connectivity index (χ2n) is 6.12. The predicted octanol–water partition coefficient (Wildman–Crippen LogP) is -0.330. The fourth-order valence-corrected chi connectivity index (χ4v) is 3.03. The molecule has 3 heterocycles. The molecule has 8 heteroatoms. The summed E-state index contributed by atoms with van der Waals surface area (Å²) in [4.78, 5) is 33.7. The van der Waals surface area contributed by atoms with Crippen molar-refractivity contribution < 1.29 is 9.59 Å². The molecule has 0 spiro atoms. The van der Waals surface area contributed by atoms with Gasteiger partial charge in [-0.3, -0.25) is 9.59 Å². The van der Waals surface area contributed by atoms with Gasteiger partial charge in [0.25, 0.3) is 0 Å². The standard InChI is InChI=1S/C15H22N6O2/c16-12-3-6-17-15(20-12)21-7-4-10(5-8-21)9-18-14(23)11-1-2-13(22)19-11/h3,6,10-11H,1-2,4-5,7-9H2,(H,18,23)(H,19,22)(H2,16,17,20). The highest BCUT2D eigenvalue weighted by Gasteiger charge is 2.28. The average Bonchev–Trinajstić information content (AvgIpc) is 3.00. The van der Waals surface area contributed by atoms with E-state index < -0.39 is 0 Å². The molecule has 2 aliphatic rings. The van der Waals surface area contributed by atoms with E-state index in [-0.39, 0.29) is 17.9 Å². The smallest absolute Gasteiger partial charge is 0.242 e. The van der Waals surface area contributed by atoms with Crippen molar-refractivity contribution >= 4 is 23.6 Å². The summed E-state index contributed by atoms with van der Waals surface area (Å²) in [6.07, 6.45) is 4.64. The van der Waals surface area contributed by atoms with E-state index in [0.29, 0.717) is 37.1 Å². The van der Waals surface area contributed by atoms with Crippen LogP contribution in [0.2, 0.25) is 0 Å². The molecule has 8 nitrogen and oxygen atoms in total. The molecule has 0 aliphatic carbocycles. The van der Waals surface area contributed by atoms with Gasteiger partial charge in [-0.2, -0.15) is 4.98 Å². The topological polar surface area (TPSA) is 113 Å². The molecule has 1 atom stereocenters. The molecule has 124 valence electrons. The zero-order chi connectivity index (χ0) is 16.2. The van der Waals surface area contributed by atoms with Crippen molar-refractivity contribution in [3.05, 3.63) is 12.3 Å². The Morgan fingerprint density at radius 2 is 2.17 bits per heavy atom. The molecule has 2 fully saturated rings. The maximum Gasteiger partial charge on any atom is 0.242 e. The fourth-order valence-electron chi connectivity index (χ4n) is 3.03. The Bertz CT molecular complexity index is 585. The maximum atomic E-state index is 12.0. The number of anilines is 2. The van der Waals surface area contributed by atoms with E-state index >= 15 is 0 Å². The van der Waals surface area contributed by atoms with Gasteiger partial charge in [-0.1, -0.05) is 0 Å². The van der Waals surface area contributed by atoms with E-state index in [2.05, 4.69) is 25.5 Å². The number of carbonyl (C=O) groups excluding carboxylic acids is 2. The summed E-state index contributed by atoms with van der Waals surface area (Å²) in [5.41, 5.74) is 5.69. The number of nitrogens with one attached hydrogen (secondary N) is 2. The van der Waals surface area contributed by atoms with Crippen LogP contribution < -0.4 is 21.3 Å². The largest absolute Gasteiger partial charge is 0.384 e. The molecule has 1 unspecified atom stereocenters. The van der Waals surface area contributed by atoms with Crippen LogP contribution >= 0.6 is 0 Å². The van der Waals surface area contributed by atoms with E-state index in [9.17, 15) is 9.59 Å². The summed E-state index contributed by atoms with van der Waals surface area (Å²) >= 11 is 0. The number of rotatable bonds is 4. The first-order valence-corrected chi connectivity index (χ1v) is 8.02. The number of amides is 2. The fraction of sp³-hybridized carbons (Fsp3) is 0.600. The number of nitrogens with two attached hydrogens (primary N) is 1. The molecule has 23 heavy (non-hydrogen) atoms. The number of carbonyl (C=O) groups is 2. The van der Waals surface area contributed by atoms with Crippen molar-refractivity contribution in [3.8, 4) is 0 Å². The second-order valence-corrected chi connectivity index (χ2v) is 6.12. The molecule has 2 saturated heterocycles.